The van der Waals surface area contributed by atoms with Gasteiger partial charge >= 0.3 is 0 Å². The molecule has 0 saturated heterocycles. The molecule has 3 heterocycles. The monoisotopic (exact) mass is 1010 g/mol. The molecule has 8 heteroatoms. The van der Waals surface area contributed by atoms with E-state index in [0.717, 1.165) is 0 Å². The second-order valence-corrected chi connectivity index (χ2v) is 12.9. The Morgan fingerprint density at radius 2 is 0.500 bits per heavy atom. The molecule has 0 radical (unpaired) electrons. The van der Waals surface area contributed by atoms with Gasteiger partial charge in [-0.2, -0.15) is 0 Å². The van der Waals surface area contributed by atoms with Crippen LogP contribution in [0.25, 0.3) is 0 Å². The summed E-state index contributed by atoms with van der Waals surface area (Å²) in [6.07, 6.45) is 0. The molecule has 0 aromatic heterocycles. The molecule has 0 saturated carbocycles. The van der Waals surface area contributed by atoms with Gasteiger partial charge in [0.1, 0.15) is 0 Å². The standard InChI is InChI=1S/C18H6I6N2/c19-7-1-13-14(2-8(7)20)26-17-5-11(23)9(21)3-15(17)25(13)16-4-10(22)12(24)6-18(16)26/h1-6H. The summed E-state index contributed by atoms with van der Waals surface area (Å²) in [5.74, 6) is 0. The van der Waals surface area contributed by atoms with E-state index in [4.69, 9.17) is 0 Å². The Labute approximate surface area is 233 Å². The van der Waals surface area contributed by atoms with E-state index in [-0.39, 0.29) is 0 Å². The van der Waals surface area contributed by atoms with Crippen molar-refractivity contribution in [1.82, 2.24) is 0 Å². The molecule has 3 aliphatic heterocycles. The van der Waals surface area contributed by atoms with Gasteiger partial charge in [-0.3, -0.25) is 0 Å². The lowest BCUT2D eigenvalue weighted by Gasteiger charge is -2.47. The predicted molar refractivity (Wildman–Crippen MR) is 159 cm³/mol. The van der Waals surface area contributed by atoms with Crippen molar-refractivity contribution in [2.24, 2.45) is 0 Å². The molecule has 0 aliphatic carbocycles. The van der Waals surface area contributed by atoms with Crippen LogP contribution in [-0.4, -0.2) is 0 Å². The first-order chi connectivity index (χ1) is 12.4. The smallest absolute Gasteiger partial charge is 0.0715 e. The molecular weight excluding hydrogens is 1010 g/mol. The van der Waals surface area contributed by atoms with E-state index in [1.165, 1.54) is 55.5 Å². The van der Waals surface area contributed by atoms with Crippen molar-refractivity contribution in [2.45, 2.75) is 0 Å². The van der Waals surface area contributed by atoms with Gasteiger partial charge in [0.2, 0.25) is 0 Å². The van der Waals surface area contributed by atoms with Gasteiger partial charge in [0.05, 0.1) is 34.1 Å². The van der Waals surface area contributed by atoms with Crippen LogP contribution < -0.4 is 9.80 Å². The molecule has 130 valence electrons. The first-order valence-corrected chi connectivity index (χ1v) is 13.9. The summed E-state index contributed by atoms with van der Waals surface area (Å²) in [5, 5.41) is 0. The number of hydrogen-bond donors (Lipinski definition) is 0. The molecule has 0 atom stereocenters. The lowest BCUT2D eigenvalue weighted by Crippen LogP contribution is -2.31. The van der Waals surface area contributed by atoms with Crippen LogP contribution in [-0.2, 0) is 0 Å². The number of benzene rings is 3. The SMILES string of the molecule is Ic1cc2c(cc1I)N1c3cc(I)c(I)cc3N2c2cc(I)c(I)cc21. The Morgan fingerprint density at radius 1 is 0.346 bits per heavy atom. The first kappa shape index (κ1) is 19.6. The summed E-state index contributed by atoms with van der Waals surface area (Å²) in [4.78, 5) is 4.88. The molecule has 0 N–H and O–H groups in total. The van der Waals surface area contributed by atoms with E-state index >= 15 is 0 Å². The average molecular weight is 1010 g/mol. The lowest BCUT2D eigenvalue weighted by molar-refractivity contribution is 1.10. The first-order valence-electron chi connectivity index (χ1n) is 7.44. The molecule has 0 unspecified atom stereocenters. The third-order valence-corrected chi connectivity index (χ3v) is 12.9. The fraction of sp³-hybridized carbons (Fsp3) is 0. The van der Waals surface area contributed by atoms with Crippen LogP contribution in [0.1, 0.15) is 0 Å². The minimum Gasteiger partial charge on any atom is -0.304 e. The Hall–Kier alpha value is 1.64. The normalized spacial score (nSPS) is 13.6. The largest absolute Gasteiger partial charge is 0.304 e. The Balaban J connectivity index is 1.91. The number of nitrogens with zero attached hydrogens (tertiary/aromatic N) is 2. The summed E-state index contributed by atoms with van der Waals surface area (Å²) >= 11 is 14.6. The number of rotatable bonds is 0. The van der Waals surface area contributed by atoms with Crippen LogP contribution in [0.15, 0.2) is 36.4 Å². The second kappa shape index (κ2) is 7.11. The van der Waals surface area contributed by atoms with Crippen molar-refractivity contribution in [3.63, 3.8) is 0 Å². The fourth-order valence-corrected chi connectivity index (χ4v) is 6.13. The van der Waals surface area contributed by atoms with Gasteiger partial charge in [-0.05, 0) is 172 Å². The molecule has 3 aliphatic rings. The van der Waals surface area contributed by atoms with Gasteiger partial charge < -0.3 is 9.80 Å². The Kier molecular flexibility index (Phi) is 5.36. The van der Waals surface area contributed by atoms with Crippen molar-refractivity contribution in [1.29, 1.82) is 0 Å². The van der Waals surface area contributed by atoms with Crippen molar-refractivity contribution in [3.8, 4) is 0 Å². The average Bonchev–Trinajstić information content (AvgIpc) is 2.58. The minimum absolute atomic E-state index is 1.27. The van der Waals surface area contributed by atoms with Gasteiger partial charge in [0.25, 0.3) is 0 Å². The molecule has 3 aromatic rings. The lowest BCUT2D eigenvalue weighted by atomic mass is 9.99. The summed E-state index contributed by atoms with van der Waals surface area (Å²) < 4.78 is 7.75. The van der Waals surface area contributed by atoms with Crippen LogP contribution in [0.3, 0.4) is 0 Å². The molecule has 0 spiro atoms. The zero-order valence-electron chi connectivity index (χ0n) is 12.6. The van der Waals surface area contributed by atoms with Crippen molar-refractivity contribution in [2.75, 3.05) is 9.80 Å². The van der Waals surface area contributed by atoms with Crippen molar-refractivity contribution in [3.05, 3.63) is 57.8 Å². The quantitative estimate of drug-likeness (QED) is 0.143. The van der Waals surface area contributed by atoms with Gasteiger partial charge in [0.15, 0.2) is 0 Å². The van der Waals surface area contributed by atoms with Crippen LogP contribution in [0, 0.1) is 21.4 Å². The van der Waals surface area contributed by atoms with Crippen molar-refractivity contribution < 1.29 is 0 Å². The molecule has 0 amide bonds. The maximum Gasteiger partial charge on any atom is 0.0715 e. The zero-order chi connectivity index (χ0) is 18.3. The maximum atomic E-state index is 2.44. The molecule has 0 fully saturated rings. The molecule has 2 nitrogen and oxygen atoms in total. The topological polar surface area (TPSA) is 6.48 Å². The number of hydrogen-bond acceptors (Lipinski definition) is 2. The number of halogens is 6. The zero-order valence-corrected chi connectivity index (χ0v) is 25.6. The van der Waals surface area contributed by atoms with Crippen molar-refractivity contribution >= 4 is 170 Å². The van der Waals surface area contributed by atoms with Gasteiger partial charge in [-0.1, -0.05) is 0 Å². The number of anilines is 6. The summed E-state index contributed by atoms with van der Waals surface area (Å²) in [6, 6.07) is 13.9. The van der Waals surface area contributed by atoms with E-state index in [1.54, 1.807) is 0 Å². The molecule has 2 bridgehead atoms. The highest BCUT2D eigenvalue weighted by atomic mass is 127. The van der Waals surface area contributed by atoms with E-state index in [9.17, 15) is 0 Å². The second-order valence-electron chi connectivity index (χ2n) is 5.94. The molecular formula is C18H6I6N2. The summed E-state index contributed by atoms with van der Waals surface area (Å²) in [5.41, 5.74) is 7.60. The van der Waals surface area contributed by atoms with Gasteiger partial charge in [-0.25, -0.2) is 0 Å². The third-order valence-electron chi connectivity index (χ3n) is 4.50. The van der Waals surface area contributed by atoms with Crippen LogP contribution in [0.2, 0.25) is 0 Å². The molecule has 26 heavy (non-hydrogen) atoms. The van der Waals surface area contributed by atoms with E-state index in [1.807, 2.05) is 0 Å². The van der Waals surface area contributed by atoms with Crippen LogP contribution >= 0.6 is 136 Å². The van der Waals surface area contributed by atoms with E-state index < -0.39 is 0 Å². The van der Waals surface area contributed by atoms with Crippen LogP contribution in [0.4, 0.5) is 34.1 Å². The fourth-order valence-electron chi connectivity index (χ4n) is 3.43. The van der Waals surface area contributed by atoms with Gasteiger partial charge in [-0.15, -0.1) is 0 Å². The Morgan fingerprint density at radius 3 is 0.654 bits per heavy atom. The van der Waals surface area contributed by atoms with Gasteiger partial charge in [0, 0.05) is 21.4 Å². The molecule has 3 aromatic carbocycles. The summed E-state index contributed by atoms with van der Waals surface area (Å²) in [7, 11) is 0. The third kappa shape index (κ3) is 2.87. The maximum absolute atomic E-state index is 2.44. The Bertz CT molecular complexity index is 899. The highest BCUT2D eigenvalue weighted by Crippen LogP contribution is 2.63. The van der Waals surface area contributed by atoms with E-state index in [0.29, 0.717) is 0 Å². The molecule has 6 rings (SSSR count). The highest BCUT2D eigenvalue weighted by molar-refractivity contribution is 14.1. The van der Waals surface area contributed by atoms with Crippen LogP contribution in [0.5, 0.6) is 0 Å². The summed E-state index contributed by atoms with van der Waals surface area (Å²) in [6.45, 7) is 0. The minimum atomic E-state index is 1.27. The van der Waals surface area contributed by atoms with E-state index in [2.05, 4.69) is 182 Å². The predicted octanol–water partition coefficient (Wildman–Crippen LogP) is 8.88. The highest BCUT2D eigenvalue weighted by Gasteiger charge is 2.39.